The van der Waals surface area contributed by atoms with E-state index in [0.29, 0.717) is 17.3 Å². The van der Waals surface area contributed by atoms with E-state index in [-0.39, 0.29) is 17.3 Å². The molecule has 2 atom stereocenters. The van der Waals surface area contributed by atoms with E-state index in [2.05, 4.69) is 10.2 Å². The van der Waals surface area contributed by atoms with Crippen LogP contribution in [0.2, 0.25) is 5.15 Å². The number of amides is 1. The molecule has 0 unspecified atom stereocenters. The van der Waals surface area contributed by atoms with Crippen molar-refractivity contribution in [3.05, 3.63) is 17.3 Å². The van der Waals surface area contributed by atoms with Gasteiger partial charge in [-0.1, -0.05) is 11.6 Å². The van der Waals surface area contributed by atoms with E-state index in [9.17, 15) is 9.00 Å². The molecule has 122 valence electrons. The van der Waals surface area contributed by atoms with Gasteiger partial charge in [0, 0.05) is 12.6 Å². The number of nitrogens with zero attached hydrogens (tertiary/aromatic N) is 3. The van der Waals surface area contributed by atoms with Crippen molar-refractivity contribution in [1.82, 2.24) is 15.1 Å². The maximum absolute atomic E-state index is 12.4. The van der Waals surface area contributed by atoms with Gasteiger partial charge in [0.05, 0.1) is 16.6 Å². The van der Waals surface area contributed by atoms with Crippen LogP contribution in [-0.4, -0.2) is 49.3 Å². The SMILES string of the molecule is CC(C)(C)OC(=O)N1CCC[C@@H]1C[S@](=O)c1ccc(Cl)nn1. The minimum Gasteiger partial charge on any atom is -0.444 e. The van der Waals surface area contributed by atoms with Gasteiger partial charge in [0.2, 0.25) is 0 Å². The van der Waals surface area contributed by atoms with Crippen molar-refractivity contribution < 1.29 is 13.7 Å². The number of ether oxygens (including phenoxy) is 1. The molecule has 1 amide bonds. The quantitative estimate of drug-likeness (QED) is 0.842. The van der Waals surface area contributed by atoms with E-state index in [1.165, 1.54) is 0 Å². The summed E-state index contributed by atoms with van der Waals surface area (Å²) in [6.45, 7) is 6.12. The van der Waals surface area contributed by atoms with Gasteiger partial charge in [-0.15, -0.1) is 10.2 Å². The highest BCUT2D eigenvalue weighted by Gasteiger charge is 2.33. The van der Waals surface area contributed by atoms with E-state index in [1.54, 1.807) is 17.0 Å². The van der Waals surface area contributed by atoms with Gasteiger partial charge in [-0.3, -0.25) is 4.21 Å². The lowest BCUT2D eigenvalue weighted by atomic mass is 10.2. The van der Waals surface area contributed by atoms with E-state index in [4.69, 9.17) is 16.3 Å². The Morgan fingerprint density at radius 1 is 1.45 bits per heavy atom. The monoisotopic (exact) mass is 345 g/mol. The van der Waals surface area contributed by atoms with Gasteiger partial charge in [0.1, 0.15) is 10.6 Å². The van der Waals surface area contributed by atoms with Gasteiger partial charge in [0.15, 0.2) is 5.15 Å². The Balaban J connectivity index is 2.00. The van der Waals surface area contributed by atoms with Crippen LogP contribution in [0.15, 0.2) is 17.2 Å². The maximum Gasteiger partial charge on any atom is 0.410 e. The zero-order chi connectivity index (χ0) is 16.3. The molecule has 0 N–H and O–H groups in total. The van der Waals surface area contributed by atoms with Gasteiger partial charge in [-0.05, 0) is 45.7 Å². The van der Waals surface area contributed by atoms with Crippen molar-refractivity contribution in [2.75, 3.05) is 12.3 Å². The van der Waals surface area contributed by atoms with Crippen LogP contribution in [0.3, 0.4) is 0 Å². The number of halogens is 1. The highest BCUT2D eigenvalue weighted by atomic mass is 35.5. The summed E-state index contributed by atoms with van der Waals surface area (Å²) in [5.41, 5.74) is -0.537. The van der Waals surface area contributed by atoms with Crippen molar-refractivity contribution >= 4 is 28.5 Å². The molecule has 0 aromatic carbocycles. The summed E-state index contributed by atoms with van der Waals surface area (Å²) in [6.07, 6.45) is 1.34. The third-order valence-corrected chi connectivity index (χ3v) is 4.76. The van der Waals surface area contributed by atoms with Crippen LogP contribution in [0, 0.1) is 0 Å². The van der Waals surface area contributed by atoms with E-state index < -0.39 is 16.4 Å². The first-order valence-corrected chi connectivity index (χ1v) is 8.83. The number of carbonyl (C=O) groups is 1. The molecule has 8 heteroatoms. The molecule has 1 aliphatic heterocycles. The molecule has 0 radical (unpaired) electrons. The average molecular weight is 346 g/mol. The number of likely N-dealkylation sites (tertiary alicyclic amines) is 1. The minimum atomic E-state index is -1.32. The van der Waals surface area contributed by atoms with Gasteiger partial charge in [-0.25, -0.2) is 4.79 Å². The van der Waals surface area contributed by atoms with Crippen molar-refractivity contribution in [2.24, 2.45) is 0 Å². The summed E-state index contributed by atoms with van der Waals surface area (Å²) in [5, 5.41) is 8.16. The zero-order valence-corrected chi connectivity index (χ0v) is 14.5. The van der Waals surface area contributed by atoms with Gasteiger partial charge >= 0.3 is 6.09 Å². The predicted octanol–water partition coefficient (Wildman–Crippen LogP) is 2.64. The summed E-state index contributed by atoms with van der Waals surface area (Å²) < 4.78 is 17.7. The molecule has 0 aliphatic carbocycles. The summed E-state index contributed by atoms with van der Waals surface area (Å²) in [4.78, 5) is 13.9. The van der Waals surface area contributed by atoms with Gasteiger partial charge in [0.25, 0.3) is 0 Å². The van der Waals surface area contributed by atoms with E-state index in [1.807, 2.05) is 20.8 Å². The number of aromatic nitrogens is 2. The fraction of sp³-hybridized carbons (Fsp3) is 0.643. The Hall–Kier alpha value is -1.21. The van der Waals surface area contributed by atoms with Crippen molar-refractivity contribution in [3.63, 3.8) is 0 Å². The molecule has 1 aromatic heterocycles. The molecule has 1 fully saturated rings. The Labute approximate surface area is 137 Å². The molecule has 2 rings (SSSR count). The second-order valence-electron chi connectivity index (χ2n) is 6.18. The van der Waals surface area contributed by atoms with Crippen LogP contribution in [0.1, 0.15) is 33.6 Å². The Morgan fingerprint density at radius 2 is 2.18 bits per heavy atom. The Kier molecular flexibility index (Phi) is 5.39. The highest BCUT2D eigenvalue weighted by molar-refractivity contribution is 7.85. The summed E-state index contributed by atoms with van der Waals surface area (Å²) in [5.74, 6) is 0.329. The van der Waals surface area contributed by atoms with Gasteiger partial charge < -0.3 is 9.64 Å². The number of hydrogen-bond donors (Lipinski definition) is 0. The average Bonchev–Trinajstić information content (AvgIpc) is 2.85. The summed E-state index contributed by atoms with van der Waals surface area (Å²) in [7, 11) is -1.32. The number of carbonyl (C=O) groups excluding carboxylic acids is 1. The fourth-order valence-corrected chi connectivity index (χ4v) is 3.57. The summed E-state index contributed by atoms with van der Waals surface area (Å²) >= 11 is 5.67. The lowest BCUT2D eigenvalue weighted by Gasteiger charge is -2.28. The number of rotatable bonds is 3. The lowest BCUT2D eigenvalue weighted by molar-refractivity contribution is 0.0241. The smallest absolute Gasteiger partial charge is 0.410 e. The first-order chi connectivity index (χ1) is 10.3. The molecule has 1 aliphatic rings. The van der Waals surface area contributed by atoms with E-state index >= 15 is 0 Å². The van der Waals surface area contributed by atoms with E-state index in [0.717, 1.165) is 12.8 Å². The molecular weight excluding hydrogens is 326 g/mol. The molecule has 0 bridgehead atoms. The predicted molar refractivity (Wildman–Crippen MR) is 84.3 cm³/mol. The zero-order valence-electron chi connectivity index (χ0n) is 12.9. The topological polar surface area (TPSA) is 72.4 Å². The normalized spacial score (nSPS) is 20.0. The fourth-order valence-electron chi connectivity index (χ4n) is 2.26. The third kappa shape index (κ3) is 4.64. The van der Waals surface area contributed by atoms with Crippen molar-refractivity contribution in [3.8, 4) is 0 Å². The van der Waals surface area contributed by atoms with Gasteiger partial charge in [-0.2, -0.15) is 0 Å². The van der Waals surface area contributed by atoms with Crippen LogP contribution in [0.25, 0.3) is 0 Å². The molecule has 22 heavy (non-hydrogen) atoms. The molecule has 2 heterocycles. The number of hydrogen-bond acceptors (Lipinski definition) is 5. The minimum absolute atomic E-state index is 0.104. The Bertz CT molecular complexity index is 559. The maximum atomic E-state index is 12.4. The Morgan fingerprint density at radius 3 is 2.77 bits per heavy atom. The summed E-state index contributed by atoms with van der Waals surface area (Å²) in [6, 6.07) is 3.05. The molecule has 0 spiro atoms. The second-order valence-corrected chi connectivity index (χ2v) is 8.01. The van der Waals surface area contributed by atoms with Crippen LogP contribution in [0.4, 0.5) is 4.79 Å². The first kappa shape index (κ1) is 17.1. The molecule has 1 saturated heterocycles. The second kappa shape index (κ2) is 6.91. The molecule has 6 nitrogen and oxygen atoms in total. The standard InChI is InChI=1S/C14H20ClN3O3S/c1-14(2,3)21-13(19)18-8-4-5-10(18)9-22(20)12-7-6-11(15)16-17-12/h6-7,10H,4-5,8-9H2,1-3H3/t10-,22+/m1/s1. The van der Waals surface area contributed by atoms with Crippen LogP contribution in [0.5, 0.6) is 0 Å². The van der Waals surface area contributed by atoms with Crippen LogP contribution >= 0.6 is 11.6 Å². The highest BCUT2D eigenvalue weighted by Crippen LogP contribution is 2.22. The van der Waals surface area contributed by atoms with Crippen molar-refractivity contribution in [1.29, 1.82) is 0 Å². The molecule has 1 aromatic rings. The third-order valence-electron chi connectivity index (χ3n) is 3.19. The lowest BCUT2D eigenvalue weighted by Crippen LogP contribution is -2.42. The molecular formula is C14H20ClN3O3S. The molecule has 0 saturated carbocycles. The first-order valence-electron chi connectivity index (χ1n) is 7.13. The van der Waals surface area contributed by atoms with Crippen LogP contribution in [-0.2, 0) is 15.5 Å². The largest absolute Gasteiger partial charge is 0.444 e. The van der Waals surface area contributed by atoms with Crippen LogP contribution < -0.4 is 0 Å². The van der Waals surface area contributed by atoms with Crippen molar-refractivity contribution in [2.45, 2.75) is 50.3 Å².